The molecule has 3 aromatic rings. The summed E-state index contributed by atoms with van der Waals surface area (Å²) in [6, 6.07) is 26.4. The standard InChI is InChI=1S/C23H20N2O2/c26-22-21(19-9-5-2-6-10-19)25(16-15-24-22)23(27)20-13-11-18(12-14-20)17-7-3-1-4-8-17/h1-14,21H,15-16H2,(H,24,26). The number of hydrogen-bond donors (Lipinski definition) is 1. The van der Waals surface area contributed by atoms with Crippen molar-refractivity contribution in [1.29, 1.82) is 0 Å². The van der Waals surface area contributed by atoms with Crippen molar-refractivity contribution in [3.8, 4) is 11.1 Å². The highest BCUT2D eigenvalue weighted by Gasteiger charge is 2.34. The maximum absolute atomic E-state index is 13.1. The summed E-state index contributed by atoms with van der Waals surface area (Å²) in [5.41, 5.74) is 3.58. The first kappa shape index (κ1) is 17.0. The molecule has 0 aliphatic carbocycles. The van der Waals surface area contributed by atoms with E-state index >= 15 is 0 Å². The summed E-state index contributed by atoms with van der Waals surface area (Å²) in [5.74, 6) is -0.264. The smallest absolute Gasteiger partial charge is 0.254 e. The van der Waals surface area contributed by atoms with Gasteiger partial charge in [-0.25, -0.2) is 0 Å². The van der Waals surface area contributed by atoms with E-state index < -0.39 is 6.04 Å². The monoisotopic (exact) mass is 356 g/mol. The topological polar surface area (TPSA) is 49.4 Å². The van der Waals surface area contributed by atoms with Gasteiger partial charge in [-0.2, -0.15) is 0 Å². The largest absolute Gasteiger partial charge is 0.352 e. The molecule has 1 N–H and O–H groups in total. The van der Waals surface area contributed by atoms with Crippen molar-refractivity contribution in [2.75, 3.05) is 13.1 Å². The molecule has 1 saturated heterocycles. The van der Waals surface area contributed by atoms with E-state index in [0.717, 1.165) is 16.7 Å². The first-order valence-electron chi connectivity index (χ1n) is 9.03. The molecule has 0 bridgehead atoms. The number of rotatable bonds is 3. The Bertz CT molecular complexity index is 937. The SMILES string of the molecule is O=C1NCCN(C(=O)c2ccc(-c3ccccc3)cc2)C1c1ccccc1. The van der Waals surface area contributed by atoms with Crippen LogP contribution in [0, 0.1) is 0 Å². The molecule has 1 unspecified atom stereocenters. The zero-order valence-corrected chi connectivity index (χ0v) is 14.8. The molecule has 0 saturated carbocycles. The first-order chi connectivity index (χ1) is 13.2. The number of benzene rings is 3. The fraction of sp³-hybridized carbons (Fsp3) is 0.130. The molecule has 1 heterocycles. The lowest BCUT2D eigenvalue weighted by Gasteiger charge is -2.35. The van der Waals surface area contributed by atoms with Crippen molar-refractivity contribution >= 4 is 11.8 Å². The van der Waals surface area contributed by atoms with Crippen LogP contribution in [0.5, 0.6) is 0 Å². The lowest BCUT2D eigenvalue weighted by atomic mass is 10.00. The molecule has 1 aliphatic rings. The summed E-state index contributed by atoms with van der Waals surface area (Å²) >= 11 is 0. The molecule has 0 aromatic heterocycles. The van der Waals surface area contributed by atoms with Gasteiger partial charge < -0.3 is 10.2 Å². The predicted molar refractivity (Wildman–Crippen MR) is 105 cm³/mol. The van der Waals surface area contributed by atoms with Gasteiger partial charge in [0.1, 0.15) is 6.04 Å². The van der Waals surface area contributed by atoms with E-state index in [-0.39, 0.29) is 11.8 Å². The van der Waals surface area contributed by atoms with Gasteiger partial charge in [0.2, 0.25) is 5.91 Å². The first-order valence-corrected chi connectivity index (χ1v) is 9.03. The quantitative estimate of drug-likeness (QED) is 0.778. The molecule has 1 aliphatic heterocycles. The number of nitrogens with zero attached hydrogens (tertiary/aromatic N) is 1. The van der Waals surface area contributed by atoms with E-state index in [1.54, 1.807) is 4.90 Å². The number of hydrogen-bond acceptors (Lipinski definition) is 2. The van der Waals surface area contributed by atoms with Gasteiger partial charge in [0.25, 0.3) is 5.91 Å². The molecule has 0 radical (unpaired) electrons. The van der Waals surface area contributed by atoms with Crippen LogP contribution in [0.3, 0.4) is 0 Å². The normalized spacial score (nSPS) is 16.7. The van der Waals surface area contributed by atoms with Gasteiger partial charge in [0, 0.05) is 18.7 Å². The Kier molecular flexibility index (Phi) is 4.71. The van der Waals surface area contributed by atoms with Crippen molar-refractivity contribution in [3.63, 3.8) is 0 Å². The van der Waals surface area contributed by atoms with Crippen LogP contribution in [0.2, 0.25) is 0 Å². The molecular formula is C23H20N2O2. The number of carbonyl (C=O) groups excluding carboxylic acids is 2. The molecular weight excluding hydrogens is 336 g/mol. The minimum absolute atomic E-state index is 0.127. The van der Waals surface area contributed by atoms with E-state index in [4.69, 9.17) is 0 Å². The average molecular weight is 356 g/mol. The lowest BCUT2D eigenvalue weighted by Crippen LogP contribution is -2.52. The zero-order valence-electron chi connectivity index (χ0n) is 14.8. The molecule has 27 heavy (non-hydrogen) atoms. The Morgan fingerprint density at radius 2 is 1.41 bits per heavy atom. The maximum atomic E-state index is 13.1. The number of carbonyl (C=O) groups is 2. The van der Waals surface area contributed by atoms with Gasteiger partial charge in [-0.1, -0.05) is 72.8 Å². The second-order valence-corrected chi connectivity index (χ2v) is 6.55. The van der Waals surface area contributed by atoms with Crippen molar-refractivity contribution < 1.29 is 9.59 Å². The third kappa shape index (κ3) is 3.47. The van der Waals surface area contributed by atoms with Crippen LogP contribution in [-0.4, -0.2) is 29.8 Å². The fourth-order valence-electron chi connectivity index (χ4n) is 3.45. The third-order valence-corrected chi connectivity index (χ3v) is 4.83. The van der Waals surface area contributed by atoms with Crippen LogP contribution in [0.1, 0.15) is 22.0 Å². The molecule has 1 fully saturated rings. The minimum Gasteiger partial charge on any atom is -0.352 e. The van der Waals surface area contributed by atoms with Crippen molar-refractivity contribution in [3.05, 3.63) is 96.1 Å². The van der Waals surface area contributed by atoms with Crippen LogP contribution in [0.25, 0.3) is 11.1 Å². The molecule has 4 nitrogen and oxygen atoms in total. The molecule has 3 aromatic carbocycles. The van der Waals surface area contributed by atoms with Gasteiger partial charge in [0.15, 0.2) is 0 Å². The molecule has 4 heteroatoms. The summed E-state index contributed by atoms with van der Waals surface area (Å²) in [6.45, 7) is 0.959. The van der Waals surface area contributed by atoms with Gasteiger partial charge >= 0.3 is 0 Å². The number of piperazine rings is 1. The Hall–Kier alpha value is -3.40. The van der Waals surface area contributed by atoms with Gasteiger partial charge in [-0.05, 0) is 28.8 Å². The molecule has 1 atom stereocenters. The average Bonchev–Trinajstić information content (AvgIpc) is 2.74. The van der Waals surface area contributed by atoms with Gasteiger partial charge in [0.05, 0.1) is 0 Å². The van der Waals surface area contributed by atoms with Crippen LogP contribution in [0.4, 0.5) is 0 Å². The Morgan fingerprint density at radius 3 is 2.07 bits per heavy atom. The van der Waals surface area contributed by atoms with Crippen LogP contribution < -0.4 is 5.32 Å². The van der Waals surface area contributed by atoms with E-state index in [9.17, 15) is 9.59 Å². The summed E-state index contributed by atoms with van der Waals surface area (Å²) in [7, 11) is 0. The minimum atomic E-state index is -0.596. The summed E-state index contributed by atoms with van der Waals surface area (Å²) in [4.78, 5) is 27.3. The zero-order chi connectivity index (χ0) is 18.6. The van der Waals surface area contributed by atoms with Crippen LogP contribution in [0.15, 0.2) is 84.9 Å². The second kappa shape index (κ2) is 7.46. The highest BCUT2D eigenvalue weighted by molar-refractivity contribution is 5.98. The lowest BCUT2D eigenvalue weighted by molar-refractivity contribution is -0.128. The molecule has 2 amide bonds. The van der Waals surface area contributed by atoms with Gasteiger partial charge in [-0.15, -0.1) is 0 Å². The summed E-state index contributed by atoms with van der Waals surface area (Å²) in [5, 5.41) is 2.86. The highest BCUT2D eigenvalue weighted by atomic mass is 16.2. The van der Waals surface area contributed by atoms with Crippen molar-refractivity contribution in [2.45, 2.75) is 6.04 Å². The molecule has 134 valence electrons. The number of nitrogens with one attached hydrogen (secondary N) is 1. The van der Waals surface area contributed by atoms with E-state index in [1.165, 1.54) is 0 Å². The van der Waals surface area contributed by atoms with E-state index in [1.807, 2.05) is 84.9 Å². The number of amides is 2. The third-order valence-electron chi connectivity index (χ3n) is 4.83. The Morgan fingerprint density at radius 1 is 0.815 bits per heavy atom. The summed E-state index contributed by atoms with van der Waals surface area (Å²) < 4.78 is 0. The molecule has 0 spiro atoms. The van der Waals surface area contributed by atoms with Crippen LogP contribution in [-0.2, 0) is 4.79 Å². The fourth-order valence-corrected chi connectivity index (χ4v) is 3.45. The Labute approximate surface area is 158 Å². The Balaban J connectivity index is 1.61. The van der Waals surface area contributed by atoms with Crippen molar-refractivity contribution in [1.82, 2.24) is 10.2 Å². The molecule has 4 rings (SSSR count). The van der Waals surface area contributed by atoms with Crippen LogP contribution >= 0.6 is 0 Å². The highest BCUT2D eigenvalue weighted by Crippen LogP contribution is 2.26. The summed E-state index contributed by atoms with van der Waals surface area (Å²) in [6.07, 6.45) is 0. The van der Waals surface area contributed by atoms with Crippen molar-refractivity contribution in [2.24, 2.45) is 0 Å². The van der Waals surface area contributed by atoms with Gasteiger partial charge in [-0.3, -0.25) is 9.59 Å². The van der Waals surface area contributed by atoms with E-state index in [0.29, 0.717) is 18.7 Å². The predicted octanol–water partition coefficient (Wildman–Crippen LogP) is 3.67. The second-order valence-electron chi connectivity index (χ2n) is 6.55. The van der Waals surface area contributed by atoms with E-state index in [2.05, 4.69) is 5.32 Å². The maximum Gasteiger partial charge on any atom is 0.254 e.